The number of anilines is 4. The molecule has 3 aliphatic heterocycles. The van der Waals surface area contributed by atoms with Crippen molar-refractivity contribution in [3.05, 3.63) is 54.9 Å². The number of benzene rings is 1. The lowest BCUT2D eigenvalue weighted by Crippen LogP contribution is -2.46. The normalized spacial score (nSPS) is 21.5. The highest BCUT2D eigenvalue weighted by atomic mass is 16.5. The topological polar surface area (TPSA) is 114 Å². The molecule has 0 saturated carbocycles. The summed E-state index contributed by atoms with van der Waals surface area (Å²) in [6, 6.07) is 13.9. The van der Waals surface area contributed by atoms with E-state index in [1.165, 1.54) is 0 Å². The number of hydrogen-bond donors (Lipinski definition) is 3. The molecule has 10 heteroatoms. The van der Waals surface area contributed by atoms with Gasteiger partial charge in [-0.3, -0.25) is 4.98 Å². The Hall–Kier alpha value is -3.76. The first kappa shape index (κ1) is 23.6. The van der Waals surface area contributed by atoms with Crippen molar-refractivity contribution in [1.82, 2.24) is 15.0 Å². The van der Waals surface area contributed by atoms with Crippen LogP contribution in [0.15, 0.2) is 54.9 Å². The summed E-state index contributed by atoms with van der Waals surface area (Å²) in [4.78, 5) is 28.6. The van der Waals surface area contributed by atoms with Gasteiger partial charge in [0.15, 0.2) is 5.82 Å². The minimum Gasteiger partial charge on any atom is -0.381 e. The Morgan fingerprint density at radius 1 is 0.838 bits per heavy atom. The molecular weight excluding hydrogens is 470 g/mol. The van der Waals surface area contributed by atoms with E-state index < -0.39 is 0 Å². The van der Waals surface area contributed by atoms with Gasteiger partial charge >= 0.3 is 6.03 Å². The number of carbonyl (C=O) groups is 1. The fourth-order valence-corrected chi connectivity index (χ4v) is 5.25. The summed E-state index contributed by atoms with van der Waals surface area (Å²) in [5.74, 6) is 2.43. The zero-order valence-corrected chi connectivity index (χ0v) is 20.6. The number of aromatic nitrogens is 3. The number of rotatable bonds is 6. The number of pyridine rings is 1. The first-order chi connectivity index (χ1) is 18.2. The van der Waals surface area contributed by atoms with E-state index in [2.05, 4.69) is 31.9 Å². The van der Waals surface area contributed by atoms with E-state index in [1.807, 2.05) is 24.3 Å². The van der Waals surface area contributed by atoms with Crippen LogP contribution in [0.3, 0.4) is 0 Å². The van der Waals surface area contributed by atoms with Crippen LogP contribution in [-0.4, -0.2) is 65.5 Å². The van der Waals surface area contributed by atoms with Crippen LogP contribution in [0.4, 0.5) is 27.8 Å². The van der Waals surface area contributed by atoms with Crippen molar-refractivity contribution in [3.8, 4) is 11.4 Å². The van der Waals surface area contributed by atoms with E-state index in [4.69, 9.17) is 19.4 Å². The van der Waals surface area contributed by atoms with Crippen LogP contribution in [-0.2, 0) is 9.47 Å². The second-order valence-electron chi connectivity index (χ2n) is 9.69. The van der Waals surface area contributed by atoms with Gasteiger partial charge in [-0.25, -0.2) is 14.8 Å². The van der Waals surface area contributed by atoms with Crippen molar-refractivity contribution in [1.29, 1.82) is 0 Å². The lowest BCUT2D eigenvalue weighted by molar-refractivity contribution is 0.0899. The summed E-state index contributed by atoms with van der Waals surface area (Å²) < 4.78 is 11.3. The van der Waals surface area contributed by atoms with Crippen molar-refractivity contribution < 1.29 is 14.3 Å². The predicted octanol–water partition coefficient (Wildman–Crippen LogP) is 4.14. The average molecular weight is 502 g/mol. The molecule has 0 aliphatic carbocycles. The third-order valence-electron chi connectivity index (χ3n) is 7.13. The first-order valence-electron chi connectivity index (χ1n) is 12.9. The minimum atomic E-state index is -0.317. The molecule has 5 heterocycles. The highest BCUT2D eigenvalue weighted by Crippen LogP contribution is 2.35. The van der Waals surface area contributed by atoms with E-state index in [-0.39, 0.29) is 6.03 Å². The van der Waals surface area contributed by atoms with Crippen LogP contribution in [0.1, 0.15) is 25.7 Å². The highest BCUT2D eigenvalue weighted by molar-refractivity contribution is 5.99. The van der Waals surface area contributed by atoms with Crippen molar-refractivity contribution >= 4 is 29.0 Å². The van der Waals surface area contributed by atoms with E-state index >= 15 is 0 Å². The van der Waals surface area contributed by atoms with Gasteiger partial charge < -0.3 is 30.3 Å². The summed E-state index contributed by atoms with van der Waals surface area (Å²) in [5, 5.41) is 9.28. The summed E-state index contributed by atoms with van der Waals surface area (Å²) in [5.41, 5.74) is 2.24. The van der Waals surface area contributed by atoms with Crippen LogP contribution in [0.2, 0.25) is 0 Å². The molecule has 2 aromatic heterocycles. The molecule has 1 aromatic carbocycles. The summed E-state index contributed by atoms with van der Waals surface area (Å²) in [6.45, 7) is 3.00. The molecule has 0 spiro atoms. The maximum Gasteiger partial charge on any atom is 0.323 e. The number of fused-ring (bicyclic) bond motifs is 2. The molecule has 3 N–H and O–H groups in total. The molecule has 2 atom stereocenters. The quantitative estimate of drug-likeness (QED) is 0.462. The van der Waals surface area contributed by atoms with Crippen LogP contribution in [0.25, 0.3) is 11.4 Å². The van der Waals surface area contributed by atoms with Crippen LogP contribution < -0.4 is 20.9 Å². The zero-order valence-electron chi connectivity index (χ0n) is 20.6. The molecule has 3 aliphatic rings. The lowest BCUT2D eigenvalue weighted by Gasteiger charge is -2.36. The maximum atomic E-state index is 12.4. The molecule has 3 fully saturated rings. The molecular formula is C27H31N7O3. The zero-order chi connectivity index (χ0) is 25.0. The van der Waals surface area contributed by atoms with Crippen molar-refractivity contribution in [2.45, 2.75) is 43.8 Å². The smallest absolute Gasteiger partial charge is 0.323 e. The molecule has 37 heavy (non-hydrogen) atoms. The molecule has 192 valence electrons. The van der Waals surface area contributed by atoms with Crippen LogP contribution >= 0.6 is 0 Å². The second kappa shape index (κ2) is 10.7. The number of nitrogens with zero attached hydrogens (tertiary/aromatic N) is 4. The SMILES string of the molecule is O=C(Nc1ccncc1)Nc1ccc(-c2nc(NC3CCOCC3)cc(N3C4CCC3COC4)n2)cc1. The first-order valence-corrected chi connectivity index (χ1v) is 12.9. The Balaban J connectivity index is 1.23. The van der Waals surface area contributed by atoms with Crippen LogP contribution in [0, 0.1) is 0 Å². The average Bonchev–Trinajstić information content (AvgIpc) is 3.18. The number of amides is 2. The lowest BCUT2D eigenvalue weighted by atomic mass is 10.1. The Bertz CT molecular complexity index is 1200. The fraction of sp³-hybridized carbons (Fsp3) is 0.407. The van der Waals surface area contributed by atoms with Gasteiger partial charge in [-0.15, -0.1) is 0 Å². The van der Waals surface area contributed by atoms with Crippen molar-refractivity contribution in [2.75, 3.05) is 47.3 Å². The number of morpholine rings is 1. The number of nitrogens with one attached hydrogen (secondary N) is 3. The van der Waals surface area contributed by atoms with Gasteiger partial charge in [-0.2, -0.15) is 0 Å². The molecule has 0 radical (unpaired) electrons. The maximum absolute atomic E-state index is 12.4. The minimum absolute atomic E-state index is 0.317. The number of ether oxygens (including phenoxy) is 2. The molecule has 2 bridgehead atoms. The van der Waals surface area contributed by atoms with Gasteiger partial charge in [-0.1, -0.05) is 0 Å². The third kappa shape index (κ3) is 5.50. The summed E-state index contributed by atoms with van der Waals surface area (Å²) in [7, 11) is 0. The second-order valence-corrected chi connectivity index (χ2v) is 9.69. The Labute approximate surface area is 215 Å². The Morgan fingerprint density at radius 3 is 2.22 bits per heavy atom. The van der Waals surface area contributed by atoms with Gasteiger partial charge in [0, 0.05) is 54.7 Å². The van der Waals surface area contributed by atoms with Crippen molar-refractivity contribution in [2.24, 2.45) is 0 Å². The molecule has 3 aromatic rings. The Kier molecular flexibility index (Phi) is 6.83. The van der Waals surface area contributed by atoms with Gasteiger partial charge in [0.2, 0.25) is 0 Å². The number of hydrogen-bond acceptors (Lipinski definition) is 8. The molecule has 10 nitrogen and oxygen atoms in total. The molecule has 2 unspecified atom stereocenters. The summed E-state index contributed by atoms with van der Waals surface area (Å²) in [6.07, 6.45) is 7.42. The van der Waals surface area contributed by atoms with Crippen molar-refractivity contribution in [3.63, 3.8) is 0 Å². The standard InChI is InChI=1S/C27H31N7O3/c35-27(31-20-7-11-28-12-8-20)30-19-3-1-18(2-4-19)26-32-24(29-21-9-13-36-14-10-21)15-25(33-26)34-22-5-6-23(34)17-37-16-22/h1-4,7-8,11-12,15,21-23H,5-6,9-10,13-14,16-17H2,(H,29,32,33)(H2,28,30,31,35). The summed E-state index contributed by atoms with van der Waals surface area (Å²) >= 11 is 0. The highest BCUT2D eigenvalue weighted by Gasteiger charge is 2.38. The number of carbonyl (C=O) groups excluding carboxylic acids is 1. The number of urea groups is 1. The van der Waals surface area contributed by atoms with E-state index in [1.54, 1.807) is 24.5 Å². The van der Waals surface area contributed by atoms with E-state index in [0.29, 0.717) is 35.3 Å². The largest absolute Gasteiger partial charge is 0.381 e. The molecule has 3 saturated heterocycles. The van der Waals surface area contributed by atoms with Gasteiger partial charge in [0.05, 0.1) is 25.3 Å². The molecule has 6 rings (SSSR count). The Morgan fingerprint density at radius 2 is 1.51 bits per heavy atom. The van der Waals surface area contributed by atoms with E-state index in [0.717, 1.165) is 69.3 Å². The monoisotopic (exact) mass is 501 g/mol. The van der Waals surface area contributed by atoms with E-state index in [9.17, 15) is 4.79 Å². The van der Waals surface area contributed by atoms with Gasteiger partial charge in [-0.05, 0) is 62.1 Å². The third-order valence-corrected chi connectivity index (χ3v) is 7.13. The van der Waals surface area contributed by atoms with Crippen LogP contribution in [0.5, 0.6) is 0 Å². The molecule has 2 amide bonds. The van der Waals surface area contributed by atoms with Gasteiger partial charge in [0.25, 0.3) is 0 Å². The van der Waals surface area contributed by atoms with Gasteiger partial charge in [0.1, 0.15) is 11.6 Å². The fourth-order valence-electron chi connectivity index (χ4n) is 5.25. The predicted molar refractivity (Wildman–Crippen MR) is 142 cm³/mol.